The van der Waals surface area contributed by atoms with E-state index < -0.39 is 6.09 Å². The van der Waals surface area contributed by atoms with Crippen LogP contribution in [0.4, 0.5) is 4.79 Å². The minimum atomic E-state index is -0.532. The number of hydrogen-bond acceptors (Lipinski definition) is 4. The molecule has 3 aliphatic rings. The molecule has 0 radical (unpaired) electrons. The van der Waals surface area contributed by atoms with Gasteiger partial charge in [0.25, 0.3) is 0 Å². The maximum Gasteiger partial charge on any atom is 0.408 e. The Balaban J connectivity index is 1.23. The number of hydrogen-bond donors (Lipinski definition) is 1. The summed E-state index contributed by atoms with van der Waals surface area (Å²) >= 11 is 0. The Labute approximate surface area is 141 Å². The average Bonchev–Trinajstić information content (AvgIpc) is 3.20. The summed E-state index contributed by atoms with van der Waals surface area (Å²) in [5, 5.41) is 2.58. The fourth-order valence-electron chi connectivity index (χ4n) is 4.06. The second kappa shape index (κ2) is 6.46. The first-order valence-electron chi connectivity index (χ1n) is 8.89. The van der Waals surface area contributed by atoms with Gasteiger partial charge in [-0.25, -0.2) is 4.79 Å². The summed E-state index contributed by atoms with van der Waals surface area (Å²) < 4.78 is 11.3. The first-order valence-corrected chi connectivity index (χ1v) is 8.89. The number of nitrogens with one attached hydrogen (secondary N) is 1. The van der Waals surface area contributed by atoms with E-state index in [1.807, 2.05) is 24.3 Å². The van der Waals surface area contributed by atoms with Crippen molar-refractivity contribution < 1.29 is 19.1 Å². The van der Waals surface area contributed by atoms with Gasteiger partial charge in [0.05, 0.1) is 6.04 Å². The van der Waals surface area contributed by atoms with Gasteiger partial charge in [-0.05, 0) is 61.6 Å². The van der Waals surface area contributed by atoms with Crippen molar-refractivity contribution in [1.82, 2.24) is 5.32 Å². The van der Waals surface area contributed by atoms with Crippen LogP contribution >= 0.6 is 0 Å². The molecule has 0 aromatic heterocycles. The number of ether oxygens (including phenoxy) is 2. The minimum Gasteiger partial charge on any atom is -0.490 e. The molecule has 0 spiro atoms. The number of carbonyl (C=O) groups excluding carboxylic acids is 2. The van der Waals surface area contributed by atoms with E-state index in [2.05, 4.69) is 5.32 Å². The van der Waals surface area contributed by atoms with Crippen LogP contribution in [0.1, 0.15) is 44.1 Å². The van der Waals surface area contributed by atoms with Crippen LogP contribution in [0.5, 0.6) is 5.75 Å². The molecule has 24 heavy (non-hydrogen) atoms. The van der Waals surface area contributed by atoms with E-state index in [0.29, 0.717) is 18.9 Å². The van der Waals surface area contributed by atoms with E-state index in [1.165, 1.54) is 25.7 Å². The summed E-state index contributed by atoms with van der Waals surface area (Å²) in [5.74, 6) is 2.57. The highest BCUT2D eigenvalue weighted by Gasteiger charge is 2.40. The fourth-order valence-corrected chi connectivity index (χ4v) is 4.06. The molecule has 3 unspecified atom stereocenters. The van der Waals surface area contributed by atoms with Crippen molar-refractivity contribution in [2.75, 3.05) is 0 Å². The number of ketones is 1. The fraction of sp³-hybridized carbons (Fsp3) is 0.579. The molecule has 0 heterocycles. The summed E-state index contributed by atoms with van der Waals surface area (Å²) in [5.41, 5.74) is 0.908. The smallest absolute Gasteiger partial charge is 0.408 e. The maximum atomic E-state index is 11.6. The molecule has 3 fully saturated rings. The van der Waals surface area contributed by atoms with Gasteiger partial charge < -0.3 is 14.8 Å². The standard InChI is InChI=1S/C19H23NO4/c21-17-8-7-16(17)20-19(22)23-11-12-2-5-15(6-3-12)24-18-10-13-1-4-14(18)9-13/h2-3,5-6,13-14,16,18H,1,4,7-11H2,(H,20,22)/t13?,14?,16-,18?/m0/s1. The Hall–Kier alpha value is -2.04. The number of alkyl carbamates (subject to hydrolysis) is 1. The van der Waals surface area contributed by atoms with E-state index in [-0.39, 0.29) is 18.4 Å². The lowest BCUT2D eigenvalue weighted by Crippen LogP contribution is -2.47. The van der Waals surface area contributed by atoms with Crippen LogP contribution in [-0.2, 0) is 16.1 Å². The van der Waals surface area contributed by atoms with Gasteiger partial charge >= 0.3 is 6.09 Å². The molecule has 3 saturated carbocycles. The second-order valence-corrected chi connectivity index (χ2v) is 7.25. The second-order valence-electron chi connectivity index (χ2n) is 7.25. The summed E-state index contributed by atoms with van der Waals surface area (Å²) in [6.45, 7) is 0.196. The molecule has 4 rings (SSSR count). The molecule has 3 aliphatic carbocycles. The lowest BCUT2D eigenvalue weighted by Gasteiger charge is -2.24. The van der Waals surface area contributed by atoms with Crippen LogP contribution < -0.4 is 10.1 Å². The summed E-state index contributed by atoms with van der Waals surface area (Å²) in [6.07, 6.45) is 6.30. The first-order chi connectivity index (χ1) is 11.7. The number of benzene rings is 1. The predicted octanol–water partition coefficient (Wildman–Crippen LogP) is 3.21. The molecule has 1 amide bonds. The molecule has 1 aromatic carbocycles. The molecule has 128 valence electrons. The SMILES string of the molecule is O=C(N[C@H]1CCC1=O)OCc1ccc(OC2CC3CCC2C3)cc1. The van der Waals surface area contributed by atoms with Crippen molar-refractivity contribution in [3.8, 4) is 5.75 Å². The van der Waals surface area contributed by atoms with Crippen molar-refractivity contribution in [3.05, 3.63) is 29.8 Å². The lowest BCUT2D eigenvalue weighted by atomic mass is 9.91. The van der Waals surface area contributed by atoms with E-state index in [1.54, 1.807) is 0 Å². The van der Waals surface area contributed by atoms with Crippen LogP contribution in [0.25, 0.3) is 0 Å². The van der Waals surface area contributed by atoms with Crippen molar-refractivity contribution >= 4 is 11.9 Å². The van der Waals surface area contributed by atoms with Gasteiger partial charge in [0.2, 0.25) is 0 Å². The highest BCUT2D eigenvalue weighted by molar-refractivity contribution is 5.92. The summed E-state index contributed by atoms with van der Waals surface area (Å²) in [4.78, 5) is 22.8. The Bertz CT molecular complexity index is 627. The van der Waals surface area contributed by atoms with Gasteiger partial charge in [0, 0.05) is 6.42 Å². The molecule has 0 aliphatic heterocycles. The number of fused-ring (bicyclic) bond motifs is 2. The van der Waals surface area contributed by atoms with Crippen molar-refractivity contribution in [1.29, 1.82) is 0 Å². The monoisotopic (exact) mass is 329 g/mol. The van der Waals surface area contributed by atoms with Gasteiger partial charge in [-0.1, -0.05) is 12.1 Å². The van der Waals surface area contributed by atoms with E-state index in [9.17, 15) is 9.59 Å². The van der Waals surface area contributed by atoms with Crippen LogP contribution in [0.15, 0.2) is 24.3 Å². The molecule has 5 nitrogen and oxygen atoms in total. The third-order valence-electron chi connectivity index (χ3n) is 5.61. The molecule has 2 bridgehead atoms. The minimum absolute atomic E-state index is 0.0778. The summed E-state index contributed by atoms with van der Waals surface area (Å²) in [6, 6.07) is 7.38. The van der Waals surface area contributed by atoms with Gasteiger partial charge in [0.1, 0.15) is 18.5 Å². The predicted molar refractivity (Wildman–Crippen MR) is 87.7 cm³/mol. The van der Waals surface area contributed by atoms with E-state index >= 15 is 0 Å². The molecule has 1 N–H and O–H groups in total. The van der Waals surface area contributed by atoms with Crippen LogP contribution in [0.3, 0.4) is 0 Å². The quantitative estimate of drug-likeness (QED) is 0.901. The van der Waals surface area contributed by atoms with E-state index in [4.69, 9.17) is 9.47 Å². The maximum absolute atomic E-state index is 11.6. The van der Waals surface area contributed by atoms with Crippen molar-refractivity contribution in [3.63, 3.8) is 0 Å². The molecule has 1 aromatic rings. The molecular formula is C19H23NO4. The molecular weight excluding hydrogens is 306 g/mol. The zero-order valence-electron chi connectivity index (χ0n) is 13.7. The van der Waals surface area contributed by atoms with Crippen LogP contribution in [0.2, 0.25) is 0 Å². The Kier molecular flexibility index (Phi) is 4.17. The van der Waals surface area contributed by atoms with Gasteiger partial charge in [-0.15, -0.1) is 0 Å². The number of carbonyl (C=O) groups is 2. The average molecular weight is 329 g/mol. The van der Waals surface area contributed by atoms with Crippen LogP contribution in [-0.4, -0.2) is 24.0 Å². The van der Waals surface area contributed by atoms with Gasteiger partial charge in [-0.2, -0.15) is 0 Å². The zero-order valence-corrected chi connectivity index (χ0v) is 13.7. The Morgan fingerprint density at radius 2 is 1.96 bits per heavy atom. The Morgan fingerprint density at radius 1 is 1.12 bits per heavy atom. The highest BCUT2D eigenvalue weighted by atomic mass is 16.5. The number of rotatable bonds is 5. The highest BCUT2D eigenvalue weighted by Crippen LogP contribution is 2.45. The van der Waals surface area contributed by atoms with Gasteiger partial charge in [-0.3, -0.25) is 4.79 Å². The topological polar surface area (TPSA) is 64.6 Å². The summed E-state index contributed by atoms with van der Waals surface area (Å²) in [7, 11) is 0. The van der Waals surface area contributed by atoms with Crippen LogP contribution in [0, 0.1) is 11.8 Å². The van der Waals surface area contributed by atoms with Crippen molar-refractivity contribution in [2.45, 2.75) is 57.3 Å². The first kappa shape index (κ1) is 15.5. The molecule has 5 heteroatoms. The largest absolute Gasteiger partial charge is 0.490 e. The third kappa shape index (κ3) is 3.25. The number of Topliss-reactive ketones (excluding diaryl/α,β-unsaturated/α-hetero) is 1. The third-order valence-corrected chi connectivity index (χ3v) is 5.61. The molecule has 4 atom stereocenters. The number of amides is 1. The normalized spacial score (nSPS) is 30.8. The molecule has 0 saturated heterocycles. The van der Waals surface area contributed by atoms with Gasteiger partial charge in [0.15, 0.2) is 5.78 Å². The Morgan fingerprint density at radius 3 is 2.54 bits per heavy atom. The zero-order chi connectivity index (χ0) is 16.5. The lowest BCUT2D eigenvalue weighted by molar-refractivity contribution is -0.126. The van der Waals surface area contributed by atoms with Crippen molar-refractivity contribution in [2.24, 2.45) is 11.8 Å². The van der Waals surface area contributed by atoms with E-state index in [0.717, 1.165) is 23.1 Å².